The molecule has 1 fully saturated rings. The van der Waals surface area contributed by atoms with Gasteiger partial charge in [-0.15, -0.1) is 0 Å². The van der Waals surface area contributed by atoms with E-state index >= 15 is 0 Å². The molecule has 1 atom stereocenters. The van der Waals surface area contributed by atoms with Crippen LogP contribution >= 0.6 is 0 Å². The Balaban J connectivity index is 2.65. The second-order valence-electron chi connectivity index (χ2n) is 4.72. The molecule has 8 heteroatoms. The zero-order valence-corrected chi connectivity index (χ0v) is 12.2. The van der Waals surface area contributed by atoms with Crippen LogP contribution in [-0.2, 0) is 19.6 Å². The molecule has 0 saturated carbocycles. The van der Waals surface area contributed by atoms with Crippen molar-refractivity contribution in [2.45, 2.75) is 25.8 Å². The van der Waals surface area contributed by atoms with Crippen LogP contribution in [0.4, 0.5) is 4.79 Å². The number of Topliss-reactive ketones (excluding diaryl/α,β-unsaturated/α-hetero) is 1. The summed E-state index contributed by atoms with van der Waals surface area (Å²) in [5, 5.41) is 2.51. The molecule has 1 aliphatic heterocycles. The number of carbonyl (C=O) groups is 2. The minimum atomic E-state index is -3.19. The first-order valence-electron chi connectivity index (χ1n) is 6.05. The van der Waals surface area contributed by atoms with Crippen molar-refractivity contribution in [2.75, 3.05) is 26.5 Å². The lowest BCUT2D eigenvalue weighted by atomic mass is 9.88. The maximum absolute atomic E-state index is 11.6. The van der Waals surface area contributed by atoms with Gasteiger partial charge < -0.3 is 10.1 Å². The third-order valence-electron chi connectivity index (χ3n) is 3.34. The van der Waals surface area contributed by atoms with E-state index in [0.717, 1.165) is 0 Å². The van der Waals surface area contributed by atoms with Crippen LogP contribution in [0.1, 0.15) is 19.8 Å². The molecule has 19 heavy (non-hydrogen) atoms. The SMILES string of the molecule is COC(=O)N[C@H](C(C)=O)C1CCN(S(C)(=O)=O)CC1. The summed E-state index contributed by atoms with van der Waals surface area (Å²) in [7, 11) is -1.95. The molecular weight excluding hydrogens is 272 g/mol. The second-order valence-corrected chi connectivity index (χ2v) is 6.71. The normalized spacial score (nSPS) is 19.7. The Morgan fingerprint density at radius 3 is 2.21 bits per heavy atom. The Labute approximate surface area is 113 Å². The molecular formula is C11H20N2O5S. The van der Waals surface area contributed by atoms with Gasteiger partial charge >= 0.3 is 6.09 Å². The van der Waals surface area contributed by atoms with E-state index in [1.807, 2.05) is 0 Å². The summed E-state index contributed by atoms with van der Waals surface area (Å²) in [4.78, 5) is 22.8. The van der Waals surface area contributed by atoms with Gasteiger partial charge in [0.2, 0.25) is 10.0 Å². The average Bonchev–Trinajstić information content (AvgIpc) is 2.34. The predicted octanol–water partition coefficient (Wildman–Crippen LogP) is -0.0284. The largest absolute Gasteiger partial charge is 0.453 e. The molecule has 0 aromatic carbocycles. The van der Waals surface area contributed by atoms with Crippen LogP contribution in [0.15, 0.2) is 0 Å². The zero-order valence-electron chi connectivity index (χ0n) is 11.4. The van der Waals surface area contributed by atoms with E-state index in [0.29, 0.717) is 25.9 Å². The van der Waals surface area contributed by atoms with Gasteiger partial charge in [0.1, 0.15) is 0 Å². The van der Waals surface area contributed by atoms with Gasteiger partial charge in [-0.1, -0.05) is 0 Å². The highest BCUT2D eigenvalue weighted by atomic mass is 32.2. The van der Waals surface area contributed by atoms with Crippen molar-refractivity contribution < 1.29 is 22.7 Å². The molecule has 110 valence electrons. The first-order chi connectivity index (χ1) is 8.75. The van der Waals surface area contributed by atoms with E-state index < -0.39 is 22.2 Å². The smallest absolute Gasteiger partial charge is 0.407 e. The molecule has 0 radical (unpaired) electrons. The number of ether oxygens (including phenoxy) is 1. The van der Waals surface area contributed by atoms with Gasteiger partial charge in [0, 0.05) is 13.1 Å². The Hall–Kier alpha value is -1.15. The number of piperidine rings is 1. The average molecular weight is 292 g/mol. The topological polar surface area (TPSA) is 92.8 Å². The first kappa shape index (κ1) is 15.9. The molecule has 1 rings (SSSR count). The molecule has 0 aromatic rings. The van der Waals surface area contributed by atoms with Crippen LogP contribution in [0.2, 0.25) is 0 Å². The Kier molecular flexibility index (Phi) is 5.30. The van der Waals surface area contributed by atoms with Crippen LogP contribution in [0.5, 0.6) is 0 Å². The van der Waals surface area contributed by atoms with Crippen LogP contribution in [-0.4, -0.2) is 57.1 Å². The number of hydrogen-bond acceptors (Lipinski definition) is 5. The van der Waals surface area contributed by atoms with Gasteiger partial charge in [-0.25, -0.2) is 17.5 Å². The van der Waals surface area contributed by atoms with Gasteiger partial charge in [0.05, 0.1) is 19.4 Å². The van der Waals surface area contributed by atoms with Crippen molar-refractivity contribution in [2.24, 2.45) is 5.92 Å². The van der Waals surface area contributed by atoms with Gasteiger partial charge in [-0.3, -0.25) is 4.79 Å². The maximum atomic E-state index is 11.6. The van der Waals surface area contributed by atoms with Gasteiger partial charge in [0.15, 0.2) is 5.78 Å². The number of amides is 1. The minimum Gasteiger partial charge on any atom is -0.453 e. The van der Waals surface area contributed by atoms with E-state index in [9.17, 15) is 18.0 Å². The van der Waals surface area contributed by atoms with E-state index in [2.05, 4.69) is 10.1 Å². The predicted molar refractivity (Wildman–Crippen MR) is 69.2 cm³/mol. The molecule has 1 heterocycles. The summed E-state index contributed by atoms with van der Waals surface area (Å²) >= 11 is 0. The molecule has 0 unspecified atom stereocenters. The second kappa shape index (κ2) is 6.33. The number of alkyl carbamates (subject to hydrolysis) is 1. The molecule has 0 spiro atoms. The lowest BCUT2D eigenvalue weighted by Crippen LogP contribution is -2.49. The Morgan fingerprint density at radius 1 is 1.32 bits per heavy atom. The highest BCUT2D eigenvalue weighted by Crippen LogP contribution is 2.22. The molecule has 7 nitrogen and oxygen atoms in total. The van der Waals surface area contributed by atoms with Crippen LogP contribution in [0.3, 0.4) is 0 Å². The van der Waals surface area contributed by atoms with E-state index in [1.54, 1.807) is 0 Å². The van der Waals surface area contributed by atoms with Gasteiger partial charge in [0.25, 0.3) is 0 Å². The summed E-state index contributed by atoms with van der Waals surface area (Å²) in [6, 6.07) is -0.617. The van der Waals surface area contributed by atoms with Crippen molar-refractivity contribution in [3.05, 3.63) is 0 Å². The quantitative estimate of drug-likeness (QED) is 0.785. The third-order valence-corrected chi connectivity index (χ3v) is 4.64. The van der Waals surface area contributed by atoms with E-state index in [-0.39, 0.29) is 11.7 Å². The van der Waals surface area contributed by atoms with Crippen molar-refractivity contribution in [3.63, 3.8) is 0 Å². The minimum absolute atomic E-state index is 0.0606. The lowest BCUT2D eigenvalue weighted by molar-refractivity contribution is -0.120. The molecule has 1 aliphatic rings. The summed E-state index contributed by atoms with van der Waals surface area (Å²) in [5.74, 6) is -0.210. The fourth-order valence-electron chi connectivity index (χ4n) is 2.28. The monoisotopic (exact) mass is 292 g/mol. The van der Waals surface area contributed by atoms with Gasteiger partial charge in [-0.2, -0.15) is 0 Å². The highest BCUT2D eigenvalue weighted by molar-refractivity contribution is 7.88. The van der Waals surface area contributed by atoms with E-state index in [4.69, 9.17) is 0 Å². The number of methoxy groups -OCH3 is 1. The van der Waals surface area contributed by atoms with Crippen LogP contribution < -0.4 is 5.32 Å². The summed E-state index contributed by atoms with van der Waals surface area (Å²) < 4.78 is 28.7. The zero-order chi connectivity index (χ0) is 14.6. The number of nitrogens with one attached hydrogen (secondary N) is 1. The molecule has 1 saturated heterocycles. The van der Waals surface area contributed by atoms with Crippen molar-refractivity contribution in [1.82, 2.24) is 9.62 Å². The summed E-state index contributed by atoms with van der Waals surface area (Å²) in [6.45, 7) is 2.15. The number of carbonyl (C=O) groups excluding carboxylic acids is 2. The highest BCUT2D eigenvalue weighted by Gasteiger charge is 2.33. The number of sulfonamides is 1. The fourth-order valence-corrected chi connectivity index (χ4v) is 3.15. The summed E-state index contributed by atoms with van der Waals surface area (Å²) in [6.07, 6.45) is 1.61. The number of hydrogen-bond donors (Lipinski definition) is 1. The van der Waals surface area contributed by atoms with Crippen LogP contribution in [0.25, 0.3) is 0 Å². The standard InChI is InChI=1S/C11H20N2O5S/c1-8(14)10(12-11(15)18-2)9-4-6-13(7-5-9)19(3,16)17/h9-10H,4-7H2,1-3H3,(H,12,15)/t10-/m1/s1. The number of ketones is 1. The Bertz CT molecular complexity index is 440. The molecule has 0 bridgehead atoms. The van der Waals surface area contributed by atoms with Gasteiger partial charge in [-0.05, 0) is 25.7 Å². The first-order valence-corrected chi connectivity index (χ1v) is 7.90. The number of rotatable bonds is 4. The third kappa shape index (κ3) is 4.46. The Morgan fingerprint density at radius 2 is 1.84 bits per heavy atom. The maximum Gasteiger partial charge on any atom is 0.407 e. The van der Waals surface area contributed by atoms with Crippen LogP contribution in [0, 0.1) is 5.92 Å². The molecule has 1 amide bonds. The van der Waals surface area contributed by atoms with Crippen molar-refractivity contribution >= 4 is 21.9 Å². The molecule has 0 aromatic heterocycles. The lowest BCUT2D eigenvalue weighted by Gasteiger charge is -2.33. The summed E-state index contributed by atoms with van der Waals surface area (Å²) in [5.41, 5.74) is 0. The van der Waals surface area contributed by atoms with E-state index in [1.165, 1.54) is 24.6 Å². The van der Waals surface area contributed by atoms with Crippen molar-refractivity contribution in [1.29, 1.82) is 0 Å². The number of nitrogens with zero attached hydrogens (tertiary/aromatic N) is 1. The molecule has 1 N–H and O–H groups in total. The van der Waals surface area contributed by atoms with Crippen molar-refractivity contribution in [3.8, 4) is 0 Å². The molecule has 0 aliphatic carbocycles. The fraction of sp³-hybridized carbons (Fsp3) is 0.818.